The third-order valence-corrected chi connectivity index (χ3v) is 2.77. The van der Waals surface area contributed by atoms with Gasteiger partial charge in [-0.1, -0.05) is 0 Å². The maximum Gasteiger partial charge on any atom is 0.114 e. The van der Waals surface area contributed by atoms with Gasteiger partial charge in [-0.2, -0.15) is 0 Å². The van der Waals surface area contributed by atoms with E-state index in [1.54, 1.807) is 35.5 Å². The fraction of sp³-hybridized carbons (Fsp3) is 1.00. The van der Waals surface area contributed by atoms with Crippen molar-refractivity contribution in [2.75, 3.05) is 48.7 Å². The summed E-state index contributed by atoms with van der Waals surface area (Å²) in [4.78, 5) is 0. The van der Waals surface area contributed by atoms with Crippen molar-refractivity contribution in [3.63, 3.8) is 0 Å². The van der Waals surface area contributed by atoms with Gasteiger partial charge < -0.3 is 29.4 Å². The Morgan fingerprint density at radius 1 is 0.765 bits per heavy atom. The molecule has 0 aliphatic carbocycles. The van der Waals surface area contributed by atoms with Crippen LogP contribution in [0, 0.1) is 0 Å². The van der Waals surface area contributed by atoms with E-state index in [-0.39, 0.29) is 24.4 Å². The summed E-state index contributed by atoms with van der Waals surface area (Å²) < 4.78 is 26.5. The summed E-state index contributed by atoms with van der Waals surface area (Å²) in [5.74, 6) is 0. The quantitative estimate of drug-likeness (QED) is 0.572. The molecule has 0 aliphatic heterocycles. The molecule has 0 aliphatic rings. The van der Waals surface area contributed by atoms with Gasteiger partial charge in [0.1, 0.15) is 18.3 Å². The second-order valence-corrected chi connectivity index (χ2v) is 3.64. The molecule has 0 spiro atoms. The molecule has 0 fully saturated rings. The van der Waals surface area contributed by atoms with Crippen LogP contribution in [0.3, 0.4) is 0 Å². The van der Waals surface area contributed by atoms with Crippen LogP contribution in [0.1, 0.15) is 0 Å². The highest BCUT2D eigenvalue weighted by molar-refractivity contribution is 4.85. The maximum atomic E-state index is 5.64. The minimum absolute atomic E-state index is 0.237. The molecule has 0 saturated carbocycles. The van der Waals surface area contributed by atoms with E-state index in [9.17, 15) is 0 Å². The van der Waals surface area contributed by atoms with Crippen molar-refractivity contribution in [2.45, 2.75) is 24.4 Å². The van der Waals surface area contributed by atoms with Gasteiger partial charge in [0.2, 0.25) is 0 Å². The minimum atomic E-state index is -0.310. The van der Waals surface area contributed by atoms with Gasteiger partial charge in [-0.25, -0.2) is 0 Å². The molecular formula is C11H25NO5. The third-order valence-electron chi connectivity index (χ3n) is 2.77. The molecule has 0 amide bonds. The zero-order valence-corrected chi connectivity index (χ0v) is 11.3. The standard InChI is InChI=1S/C11H25NO5/c1-13-7-9(15-3)11(17-5)10(16-4)8(6-12)14-2/h8-11H,6-7,12H2,1-5H3/t8-,9+,10+,11+/m0/s1. The molecular weight excluding hydrogens is 226 g/mol. The molecule has 0 aromatic heterocycles. The van der Waals surface area contributed by atoms with Crippen molar-refractivity contribution >= 4 is 0 Å². The maximum absolute atomic E-state index is 5.64. The Kier molecular flexibility index (Phi) is 9.62. The van der Waals surface area contributed by atoms with Gasteiger partial charge in [-0.15, -0.1) is 0 Å². The summed E-state index contributed by atoms with van der Waals surface area (Å²) in [6, 6.07) is 0. The molecule has 0 heterocycles. The highest BCUT2D eigenvalue weighted by atomic mass is 16.6. The molecule has 4 atom stereocenters. The molecule has 0 unspecified atom stereocenters. The van der Waals surface area contributed by atoms with Crippen LogP contribution < -0.4 is 5.73 Å². The Bertz CT molecular complexity index is 177. The summed E-state index contributed by atoms with van der Waals surface area (Å²) >= 11 is 0. The van der Waals surface area contributed by atoms with E-state index in [0.29, 0.717) is 13.2 Å². The lowest BCUT2D eigenvalue weighted by atomic mass is 10.0. The first-order valence-electron chi connectivity index (χ1n) is 5.50. The van der Waals surface area contributed by atoms with Crippen LogP contribution in [0.2, 0.25) is 0 Å². The number of hydrogen-bond acceptors (Lipinski definition) is 6. The second kappa shape index (κ2) is 9.76. The fourth-order valence-corrected chi connectivity index (χ4v) is 1.82. The SMILES string of the molecule is COC[C@@H](OC)[C@@H](OC)[C@H](OC)[C@H](CN)OC. The zero-order valence-electron chi connectivity index (χ0n) is 11.3. The summed E-state index contributed by atoms with van der Waals surface area (Å²) in [6.45, 7) is 0.758. The van der Waals surface area contributed by atoms with E-state index in [2.05, 4.69) is 0 Å². The summed E-state index contributed by atoms with van der Waals surface area (Å²) in [7, 11) is 8.00. The number of rotatable bonds is 10. The Morgan fingerprint density at radius 3 is 1.53 bits per heavy atom. The summed E-state index contributed by atoms with van der Waals surface area (Å²) in [6.07, 6.45) is -1.10. The van der Waals surface area contributed by atoms with E-state index in [0.717, 1.165) is 0 Å². The van der Waals surface area contributed by atoms with E-state index in [1.807, 2.05) is 0 Å². The molecule has 6 nitrogen and oxygen atoms in total. The van der Waals surface area contributed by atoms with Gasteiger partial charge in [0.05, 0.1) is 12.7 Å². The van der Waals surface area contributed by atoms with Gasteiger partial charge in [-0.05, 0) is 0 Å². The number of ether oxygens (including phenoxy) is 5. The van der Waals surface area contributed by atoms with Crippen molar-refractivity contribution in [1.82, 2.24) is 0 Å². The molecule has 0 bridgehead atoms. The smallest absolute Gasteiger partial charge is 0.114 e. The average molecular weight is 251 g/mol. The van der Waals surface area contributed by atoms with Crippen LogP contribution >= 0.6 is 0 Å². The highest BCUT2D eigenvalue weighted by Crippen LogP contribution is 2.15. The van der Waals surface area contributed by atoms with Gasteiger partial charge in [-0.3, -0.25) is 0 Å². The van der Waals surface area contributed by atoms with Crippen LogP contribution in [0.25, 0.3) is 0 Å². The summed E-state index contributed by atoms with van der Waals surface area (Å²) in [5.41, 5.74) is 5.64. The van der Waals surface area contributed by atoms with Gasteiger partial charge in [0.25, 0.3) is 0 Å². The van der Waals surface area contributed by atoms with Crippen LogP contribution in [0.4, 0.5) is 0 Å². The van der Waals surface area contributed by atoms with Gasteiger partial charge >= 0.3 is 0 Å². The molecule has 0 saturated heterocycles. The lowest BCUT2D eigenvalue weighted by Gasteiger charge is -2.34. The Hall–Kier alpha value is -0.240. The Labute approximate surface area is 103 Å². The van der Waals surface area contributed by atoms with Crippen molar-refractivity contribution in [1.29, 1.82) is 0 Å². The molecule has 6 heteroatoms. The zero-order chi connectivity index (χ0) is 13.3. The van der Waals surface area contributed by atoms with E-state index in [1.165, 1.54) is 0 Å². The molecule has 2 N–H and O–H groups in total. The molecule has 0 aromatic carbocycles. The van der Waals surface area contributed by atoms with Crippen molar-refractivity contribution < 1.29 is 23.7 Å². The van der Waals surface area contributed by atoms with E-state index < -0.39 is 0 Å². The first-order valence-corrected chi connectivity index (χ1v) is 5.50. The van der Waals surface area contributed by atoms with Crippen LogP contribution in [0.5, 0.6) is 0 Å². The molecule has 0 aromatic rings. The van der Waals surface area contributed by atoms with Crippen LogP contribution in [-0.2, 0) is 23.7 Å². The number of methoxy groups -OCH3 is 5. The molecule has 104 valence electrons. The lowest BCUT2D eigenvalue weighted by molar-refractivity contribution is -0.156. The fourth-order valence-electron chi connectivity index (χ4n) is 1.82. The third kappa shape index (κ3) is 4.87. The van der Waals surface area contributed by atoms with Crippen LogP contribution in [-0.4, -0.2) is 73.1 Å². The highest BCUT2D eigenvalue weighted by Gasteiger charge is 2.35. The van der Waals surface area contributed by atoms with Gasteiger partial charge in [0.15, 0.2) is 0 Å². The van der Waals surface area contributed by atoms with Crippen LogP contribution in [0.15, 0.2) is 0 Å². The first-order chi connectivity index (χ1) is 8.19. The largest absolute Gasteiger partial charge is 0.382 e. The van der Waals surface area contributed by atoms with E-state index >= 15 is 0 Å². The second-order valence-electron chi connectivity index (χ2n) is 3.64. The summed E-state index contributed by atoms with van der Waals surface area (Å²) in [5, 5.41) is 0. The topological polar surface area (TPSA) is 72.2 Å². The molecule has 0 rings (SSSR count). The molecule has 17 heavy (non-hydrogen) atoms. The lowest BCUT2D eigenvalue weighted by Crippen LogP contribution is -2.51. The van der Waals surface area contributed by atoms with Crippen molar-refractivity contribution in [2.24, 2.45) is 5.73 Å². The monoisotopic (exact) mass is 251 g/mol. The predicted octanol–water partition coefficient (Wildman–Crippen LogP) is -0.348. The van der Waals surface area contributed by atoms with Gasteiger partial charge in [0, 0.05) is 42.1 Å². The van der Waals surface area contributed by atoms with E-state index in [4.69, 9.17) is 29.4 Å². The van der Waals surface area contributed by atoms with Crippen molar-refractivity contribution in [3.8, 4) is 0 Å². The van der Waals surface area contributed by atoms with Crippen molar-refractivity contribution in [3.05, 3.63) is 0 Å². The number of nitrogens with two attached hydrogens (primary N) is 1. The predicted molar refractivity (Wildman–Crippen MR) is 64.1 cm³/mol. The number of hydrogen-bond donors (Lipinski definition) is 1. The first kappa shape index (κ1) is 16.8. The molecule has 0 radical (unpaired) electrons. The average Bonchev–Trinajstić information content (AvgIpc) is 2.37. The minimum Gasteiger partial charge on any atom is -0.382 e. The Morgan fingerprint density at radius 2 is 1.24 bits per heavy atom. The Balaban J connectivity index is 4.76. The normalized spacial score (nSPS) is 18.7.